The number of hydrogen-bond acceptors (Lipinski definition) is 1. The van der Waals surface area contributed by atoms with E-state index >= 15 is 0 Å². The number of rotatable bonds is 5. The fourth-order valence-corrected chi connectivity index (χ4v) is 4.96. The van der Waals surface area contributed by atoms with Gasteiger partial charge in [0.15, 0.2) is 0 Å². The Labute approximate surface area is 174 Å². The number of likely N-dealkylation sites (tertiary alicyclic amines) is 1. The highest BCUT2D eigenvalue weighted by atomic mass is 35.5. The summed E-state index contributed by atoms with van der Waals surface area (Å²) in [7, 11) is 0. The molecule has 0 aromatic heterocycles. The Morgan fingerprint density at radius 2 is 1.86 bits per heavy atom. The molecule has 28 heavy (non-hydrogen) atoms. The molecule has 0 spiro atoms. The van der Waals surface area contributed by atoms with Crippen molar-refractivity contribution in [3.63, 3.8) is 0 Å². The molecule has 1 fully saturated rings. The predicted molar refractivity (Wildman–Crippen MR) is 122 cm³/mol. The van der Waals surface area contributed by atoms with E-state index in [1.165, 1.54) is 64.9 Å². The van der Waals surface area contributed by atoms with Crippen molar-refractivity contribution >= 4 is 22.7 Å². The van der Waals surface area contributed by atoms with Crippen LogP contribution in [0.3, 0.4) is 0 Å². The molecule has 0 bridgehead atoms. The van der Waals surface area contributed by atoms with E-state index in [1.54, 1.807) is 0 Å². The Morgan fingerprint density at radius 3 is 2.61 bits per heavy atom. The molecule has 2 aliphatic rings. The molecule has 0 unspecified atom stereocenters. The van der Waals surface area contributed by atoms with Gasteiger partial charge in [0.25, 0.3) is 0 Å². The number of hydrogen-bond donors (Lipinski definition) is 0. The minimum absolute atomic E-state index is 0.852. The van der Waals surface area contributed by atoms with Gasteiger partial charge in [-0.15, -0.1) is 0 Å². The van der Waals surface area contributed by atoms with Crippen molar-refractivity contribution < 1.29 is 0 Å². The Hall–Kier alpha value is -1.83. The van der Waals surface area contributed by atoms with Crippen LogP contribution in [0.4, 0.5) is 0 Å². The predicted octanol–water partition coefficient (Wildman–Crippen LogP) is 6.50. The molecule has 2 heteroatoms. The molecule has 2 aromatic carbocycles. The zero-order valence-corrected chi connectivity index (χ0v) is 17.9. The number of fused-ring (bicyclic) bond motifs is 1. The summed E-state index contributed by atoms with van der Waals surface area (Å²) in [6, 6.07) is 11.0. The molecule has 0 amide bonds. The van der Waals surface area contributed by atoms with Crippen LogP contribution in [-0.2, 0) is 19.3 Å². The molecular weight excluding hydrogens is 362 g/mol. The van der Waals surface area contributed by atoms with Crippen LogP contribution in [-0.4, -0.2) is 24.5 Å². The Balaban J connectivity index is 1.70. The fourth-order valence-electron chi connectivity index (χ4n) is 4.72. The first kappa shape index (κ1) is 19.5. The zero-order chi connectivity index (χ0) is 19.7. The highest BCUT2D eigenvalue weighted by Gasteiger charge is 2.20. The quantitative estimate of drug-likeness (QED) is 0.562. The van der Waals surface area contributed by atoms with Gasteiger partial charge in [-0.25, -0.2) is 0 Å². The van der Waals surface area contributed by atoms with Crippen molar-refractivity contribution in [2.45, 2.75) is 46.0 Å². The van der Waals surface area contributed by atoms with E-state index in [4.69, 9.17) is 11.6 Å². The molecule has 2 aromatic rings. The molecule has 1 aliphatic carbocycles. The van der Waals surface area contributed by atoms with Gasteiger partial charge in [-0.05, 0) is 96.3 Å². The fraction of sp³-hybridized carbons (Fsp3) is 0.385. The van der Waals surface area contributed by atoms with Crippen molar-refractivity contribution in [1.29, 1.82) is 0 Å². The first-order valence-corrected chi connectivity index (χ1v) is 11.0. The van der Waals surface area contributed by atoms with Crippen LogP contribution in [0.1, 0.15) is 53.1 Å². The first-order valence-electron chi connectivity index (χ1n) is 10.6. The van der Waals surface area contributed by atoms with Crippen molar-refractivity contribution in [1.82, 2.24) is 4.90 Å². The van der Waals surface area contributed by atoms with E-state index < -0.39 is 0 Å². The van der Waals surface area contributed by atoms with Crippen LogP contribution in [0.5, 0.6) is 0 Å². The van der Waals surface area contributed by atoms with Crippen LogP contribution >= 0.6 is 11.6 Å². The minimum atomic E-state index is 0.852. The van der Waals surface area contributed by atoms with Gasteiger partial charge in [-0.1, -0.05) is 55.4 Å². The number of aryl methyl sites for hydroxylation is 2. The van der Waals surface area contributed by atoms with Gasteiger partial charge in [0.1, 0.15) is 0 Å². The van der Waals surface area contributed by atoms with E-state index in [0.29, 0.717) is 0 Å². The third-order valence-electron chi connectivity index (χ3n) is 6.37. The molecular formula is C26H30ClN. The molecule has 1 aliphatic heterocycles. The van der Waals surface area contributed by atoms with E-state index in [-0.39, 0.29) is 0 Å². The lowest BCUT2D eigenvalue weighted by Gasteiger charge is -2.24. The van der Waals surface area contributed by atoms with Crippen LogP contribution in [0, 0.1) is 6.92 Å². The summed E-state index contributed by atoms with van der Waals surface area (Å²) in [5.41, 5.74) is 10.6. The number of nitrogens with zero attached hydrogens (tertiary/aromatic N) is 1. The van der Waals surface area contributed by atoms with E-state index in [2.05, 4.69) is 49.6 Å². The SMILES string of the molecule is C=C1C=C(c2cc(C)c(CC)cc2CCN2CCCC2)Cc2c(Cl)cccc21. The van der Waals surface area contributed by atoms with Gasteiger partial charge in [0.05, 0.1) is 0 Å². The Bertz CT molecular complexity index is 932. The third-order valence-corrected chi connectivity index (χ3v) is 6.72. The molecule has 146 valence electrons. The van der Waals surface area contributed by atoms with Crippen LogP contribution in [0.2, 0.25) is 5.02 Å². The van der Waals surface area contributed by atoms with E-state index in [0.717, 1.165) is 36.4 Å². The third kappa shape index (κ3) is 3.83. The van der Waals surface area contributed by atoms with Gasteiger partial charge in [0, 0.05) is 18.0 Å². The molecule has 0 atom stereocenters. The summed E-state index contributed by atoms with van der Waals surface area (Å²) < 4.78 is 0. The molecule has 0 N–H and O–H groups in total. The highest BCUT2D eigenvalue weighted by molar-refractivity contribution is 6.31. The highest BCUT2D eigenvalue weighted by Crippen LogP contribution is 2.38. The van der Waals surface area contributed by atoms with E-state index in [1.807, 2.05) is 12.1 Å². The second-order valence-corrected chi connectivity index (χ2v) is 8.63. The maximum atomic E-state index is 6.55. The molecule has 0 radical (unpaired) electrons. The summed E-state index contributed by atoms with van der Waals surface area (Å²) in [5, 5.41) is 0.852. The summed E-state index contributed by atoms with van der Waals surface area (Å²) in [6.45, 7) is 12.5. The Morgan fingerprint density at radius 1 is 1.07 bits per heavy atom. The van der Waals surface area contributed by atoms with Gasteiger partial charge in [-0.3, -0.25) is 0 Å². The lowest BCUT2D eigenvalue weighted by Crippen LogP contribution is -2.22. The van der Waals surface area contributed by atoms with Crippen molar-refractivity contribution in [3.8, 4) is 0 Å². The first-order chi connectivity index (χ1) is 13.6. The maximum Gasteiger partial charge on any atom is 0.0447 e. The molecule has 4 rings (SSSR count). The second kappa shape index (κ2) is 8.27. The molecule has 1 saturated heterocycles. The van der Waals surface area contributed by atoms with Crippen LogP contribution in [0.15, 0.2) is 43.0 Å². The van der Waals surface area contributed by atoms with Crippen LogP contribution in [0.25, 0.3) is 11.1 Å². The van der Waals surface area contributed by atoms with Gasteiger partial charge >= 0.3 is 0 Å². The zero-order valence-electron chi connectivity index (χ0n) is 17.2. The van der Waals surface area contributed by atoms with Gasteiger partial charge in [-0.2, -0.15) is 0 Å². The average molecular weight is 392 g/mol. The normalized spacial score (nSPS) is 17.0. The number of benzene rings is 2. The summed E-state index contributed by atoms with van der Waals surface area (Å²) in [4.78, 5) is 2.61. The number of allylic oxidation sites excluding steroid dienone is 3. The minimum Gasteiger partial charge on any atom is -0.303 e. The maximum absolute atomic E-state index is 6.55. The smallest absolute Gasteiger partial charge is 0.0447 e. The van der Waals surface area contributed by atoms with Crippen molar-refractivity contribution in [2.75, 3.05) is 19.6 Å². The van der Waals surface area contributed by atoms with E-state index in [9.17, 15) is 0 Å². The monoisotopic (exact) mass is 391 g/mol. The molecule has 1 nitrogen and oxygen atoms in total. The summed E-state index contributed by atoms with van der Waals surface area (Å²) >= 11 is 6.55. The molecule has 0 saturated carbocycles. The van der Waals surface area contributed by atoms with Crippen LogP contribution < -0.4 is 0 Å². The largest absolute Gasteiger partial charge is 0.303 e. The summed E-state index contributed by atoms with van der Waals surface area (Å²) in [5.74, 6) is 0. The van der Waals surface area contributed by atoms with Gasteiger partial charge in [0.2, 0.25) is 0 Å². The molecule has 1 heterocycles. The summed E-state index contributed by atoms with van der Waals surface area (Å²) in [6.07, 6.45) is 8.06. The standard InChI is InChI=1S/C26H30ClN/c1-4-20-16-21(10-13-28-11-5-6-12-28)24(15-18(20)2)22-14-19(3)23-8-7-9-26(27)25(23)17-22/h7-9,14-16H,3-6,10-13,17H2,1-2H3. The Kier molecular flexibility index (Phi) is 5.75. The number of halogens is 1. The van der Waals surface area contributed by atoms with Crippen molar-refractivity contribution in [2.24, 2.45) is 0 Å². The second-order valence-electron chi connectivity index (χ2n) is 8.23. The topological polar surface area (TPSA) is 3.24 Å². The average Bonchev–Trinajstić information content (AvgIpc) is 3.21. The van der Waals surface area contributed by atoms with Gasteiger partial charge < -0.3 is 4.90 Å². The lowest BCUT2D eigenvalue weighted by molar-refractivity contribution is 0.343. The lowest BCUT2D eigenvalue weighted by atomic mass is 9.82. The van der Waals surface area contributed by atoms with Crippen molar-refractivity contribution in [3.05, 3.63) is 81.4 Å².